The third-order valence-corrected chi connectivity index (χ3v) is 4.52. The Balaban J connectivity index is 1.77. The zero-order valence-electron chi connectivity index (χ0n) is 12.1. The molecule has 112 valence electrons. The highest BCUT2D eigenvalue weighted by Gasteiger charge is 2.25. The van der Waals surface area contributed by atoms with Crippen LogP contribution in [0.25, 0.3) is 10.9 Å². The fraction of sp³-hybridized carbons (Fsp3) is 0.438. The molecule has 1 aliphatic carbocycles. The van der Waals surface area contributed by atoms with Crippen LogP contribution in [-0.4, -0.2) is 30.0 Å². The van der Waals surface area contributed by atoms with E-state index in [2.05, 4.69) is 15.6 Å². The van der Waals surface area contributed by atoms with Gasteiger partial charge in [-0.05, 0) is 44.2 Å². The number of benzene rings is 1. The zero-order chi connectivity index (χ0) is 14.8. The molecule has 1 aromatic heterocycles. The van der Waals surface area contributed by atoms with E-state index in [0.29, 0.717) is 16.8 Å². The Labute approximate surface area is 129 Å². The number of rotatable bonds is 3. The second-order valence-electron chi connectivity index (χ2n) is 5.67. The van der Waals surface area contributed by atoms with Gasteiger partial charge in [-0.1, -0.05) is 24.4 Å². The molecule has 3 N–H and O–H groups in total. The third kappa shape index (κ3) is 3.06. The first-order chi connectivity index (χ1) is 10.2. The van der Waals surface area contributed by atoms with E-state index in [4.69, 9.17) is 11.6 Å². The molecule has 4 nitrogen and oxygen atoms in total. The maximum Gasteiger partial charge on any atom is 0.268 e. The predicted octanol–water partition coefficient (Wildman–Crippen LogP) is 3.08. The Morgan fingerprint density at radius 2 is 2.00 bits per heavy atom. The normalized spacial score (nSPS) is 22.4. The van der Waals surface area contributed by atoms with Gasteiger partial charge in [-0.2, -0.15) is 0 Å². The highest BCUT2D eigenvalue weighted by atomic mass is 35.5. The summed E-state index contributed by atoms with van der Waals surface area (Å²) in [4.78, 5) is 15.6. The minimum Gasteiger partial charge on any atom is -0.351 e. The Hall–Kier alpha value is -1.52. The quantitative estimate of drug-likeness (QED) is 0.816. The number of likely N-dealkylation sites (N-methyl/N-ethyl adjacent to an activating group) is 1. The summed E-state index contributed by atoms with van der Waals surface area (Å²) in [6.45, 7) is 0. The van der Waals surface area contributed by atoms with Crippen molar-refractivity contribution in [3.63, 3.8) is 0 Å². The van der Waals surface area contributed by atoms with Crippen molar-refractivity contribution in [2.24, 2.45) is 0 Å². The van der Waals surface area contributed by atoms with E-state index in [0.717, 1.165) is 23.7 Å². The molecule has 0 unspecified atom stereocenters. The summed E-state index contributed by atoms with van der Waals surface area (Å²) < 4.78 is 0. The van der Waals surface area contributed by atoms with Gasteiger partial charge in [0.1, 0.15) is 5.69 Å². The number of nitrogens with one attached hydrogen (secondary N) is 3. The second-order valence-corrected chi connectivity index (χ2v) is 6.11. The summed E-state index contributed by atoms with van der Waals surface area (Å²) in [5.74, 6) is -0.0468. The molecule has 1 aromatic carbocycles. The van der Waals surface area contributed by atoms with Gasteiger partial charge in [0.05, 0.1) is 0 Å². The van der Waals surface area contributed by atoms with Gasteiger partial charge in [-0.25, -0.2) is 0 Å². The van der Waals surface area contributed by atoms with Gasteiger partial charge in [0.15, 0.2) is 0 Å². The molecule has 2 aromatic rings. The standard InChI is InChI=1S/C16H20ClN3O/c1-18-13-4-2-3-5-14(13)20-16(21)15-9-10-8-11(17)6-7-12(10)19-15/h6-9,13-14,18-19H,2-5H2,1H3,(H,20,21)/t13-,14+/m1/s1. The zero-order valence-corrected chi connectivity index (χ0v) is 12.8. The first kappa shape index (κ1) is 14.4. The number of aromatic nitrogens is 1. The average molecular weight is 306 g/mol. The fourth-order valence-electron chi connectivity index (χ4n) is 3.12. The average Bonchev–Trinajstić information content (AvgIpc) is 2.91. The molecule has 0 aliphatic heterocycles. The summed E-state index contributed by atoms with van der Waals surface area (Å²) in [5, 5.41) is 8.09. The van der Waals surface area contributed by atoms with Crippen LogP contribution < -0.4 is 10.6 Å². The molecule has 1 saturated carbocycles. The maximum absolute atomic E-state index is 12.4. The van der Waals surface area contributed by atoms with Crippen LogP contribution in [0.1, 0.15) is 36.2 Å². The van der Waals surface area contributed by atoms with Crippen molar-refractivity contribution >= 4 is 28.4 Å². The number of fused-ring (bicyclic) bond motifs is 1. The van der Waals surface area contributed by atoms with E-state index in [-0.39, 0.29) is 11.9 Å². The Morgan fingerprint density at radius 3 is 2.76 bits per heavy atom. The van der Waals surface area contributed by atoms with E-state index in [1.165, 1.54) is 12.8 Å². The number of hydrogen-bond acceptors (Lipinski definition) is 2. The van der Waals surface area contributed by atoms with Gasteiger partial charge in [-0.3, -0.25) is 4.79 Å². The van der Waals surface area contributed by atoms with E-state index in [9.17, 15) is 4.79 Å². The van der Waals surface area contributed by atoms with E-state index in [1.54, 1.807) is 0 Å². The lowest BCUT2D eigenvalue weighted by atomic mass is 9.90. The topological polar surface area (TPSA) is 56.9 Å². The van der Waals surface area contributed by atoms with Crippen molar-refractivity contribution in [2.75, 3.05) is 7.05 Å². The lowest BCUT2D eigenvalue weighted by Crippen LogP contribution is -2.50. The monoisotopic (exact) mass is 305 g/mol. The molecular formula is C16H20ClN3O. The molecule has 1 heterocycles. The molecule has 0 bridgehead atoms. The SMILES string of the molecule is CN[C@@H]1CCCC[C@@H]1NC(=O)c1cc2cc(Cl)ccc2[nH]1. The Kier molecular flexibility index (Phi) is 4.17. The molecule has 1 fully saturated rings. The molecule has 3 rings (SSSR count). The summed E-state index contributed by atoms with van der Waals surface area (Å²) >= 11 is 5.98. The van der Waals surface area contributed by atoms with Crippen molar-refractivity contribution in [1.82, 2.24) is 15.6 Å². The van der Waals surface area contributed by atoms with Crippen LogP contribution >= 0.6 is 11.6 Å². The van der Waals surface area contributed by atoms with E-state index >= 15 is 0 Å². The van der Waals surface area contributed by atoms with Gasteiger partial charge < -0.3 is 15.6 Å². The number of carbonyl (C=O) groups excluding carboxylic acids is 1. The molecule has 0 radical (unpaired) electrons. The fourth-order valence-corrected chi connectivity index (χ4v) is 3.30. The number of halogens is 1. The molecule has 1 aliphatic rings. The van der Waals surface area contributed by atoms with E-state index < -0.39 is 0 Å². The molecule has 21 heavy (non-hydrogen) atoms. The highest BCUT2D eigenvalue weighted by Crippen LogP contribution is 2.21. The summed E-state index contributed by atoms with van der Waals surface area (Å²) in [5.41, 5.74) is 1.52. The third-order valence-electron chi connectivity index (χ3n) is 4.28. The minimum atomic E-state index is -0.0468. The smallest absolute Gasteiger partial charge is 0.268 e. The van der Waals surface area contributed by atoms with Crippen molar-refractivity contribution in [1.29, 1.82) is 0 Å². The van der Waals surface area contributed by atoms with Crippen LogP contribution in [0.2, 0.25) is 5.02 Å². The largest absolute Gasteiger partial charge is 0.351 e. The minimum absolute atomic E-state index is 0.0468. The van der Waals surface area contributed by atoms with Gasteiger partial charge >= 0.3 is 0 Å². The van der Waals surface area contributed by atoms with Gasteiger partial charge in [-0.15, -0.1) is 0 Å². The Bertz CT molecular complexity index is 652. The van der Waals surface area contributed by atoms with E-state index in [1.807, 2.05) is 31.3 Å². The van der Waals surface area contributed by atoms with Crippen LogP contribution in [0.15, 0.2) is 24.3 Å². The predicted molar refractivity (Wildman–Crippen MR) is 85.9 cm³/mol. The van der Waals surface area contributed by atoms with Gasteiger partial charge in [0, 0.05) is 28.0 Å². The number of carbonyl (C=O) groups is 1. The lowest BCUT2D eigenvalue weighted by molar-refractivity contribution is 0.0912. The highest BCUT2D eigenvalue weighted by molar-refractivity contribution is 6.31. The molecule has 5 heteroatoms. The maximum atomic E-state index is 12.4. The Morgan fingerprint density at radius 1 is 1.24 bits per heavy atom. The molecule has 0 spiro atoms. The molecular weight excluding hydrogens is 286 g/mol. The van der Waals surface area contributed by atoms with Crippen LogP contribution in [0, 0.1) is 0 Å². The van der Waals surface area contributed by atoms with Crippen molar-refractivity contribution in [3.8, 4) is 0 Å². The van der Waals surface area contributed by atoms with Crippen LogP contribution in [0.5, 0.6) is 0 Å². The van der Waals surface area contributed by atoms with Crippen LogP contribution in [0.4, 0.5) is 0 Å². The first-order valence-electron chi connectivity index (χ1n) is 7.44. The van der Waals surface area contributed by atoms with Crippen molar-refractivity contribution in [3.05, 3.63) is 35.0 Å². The van der Waals surface area contributed by atoms with Crippen molar-refractivity contribution < 1.29 is 4.79 Å². The number of aromatic amines is 1. The van der Waals surface area contributed by atoms with Gasteiger partial charge in [0.25, 0.3) is 5.91 Å². The summed E-state index contributed by atoms with van der Waals surface area (Å²) in [6.07, 6.45) is 4.54. The lowest BCUT2D eigenvalue weighted by Gasteiger charge is -2.31. The molecule has 1 amide bonds. The molecule has 0 saturated heterocycles. The summed E-state index contributed by atoms with van der Waals surface area (Å²) in [6, 6.07) is 7.99. The summed E-state index contributed by atoms with van der Waals surface area (Å²) in [7, 11) is 1.96. The number of H-pyrrole nitrogens is 1. The van der Waals surface area contributed by atoms with Crippen LogP contribution in [0.3, 0.4) is 0 Å². The number of hydrogen-bond donors (Lipinski definition) is 3. The molecule has 2 atom stereocenters. The van der Waals surface area contributed by atoms with Crippen molar-refractivity contribution in [2.45, 2.75) is 37.8 Å². The first-order valence-corrected chi connectivity index (χ1v) is 7.81. The number of amides is 1. The van der Waals surface area contributed by atoms with Gasteiger partial charge in [0.2, 0.25) is 0 Å². The second kappa shape index (κ2) is 6.08. The van der Waals surface area contributed by atoms with Crippen LogP contribution in [-0.2, 0) is 0 Å².